The van der Waals surface area contributed by atoms with Crippen LogP contribution in [-0.2, 0) is 4.79 Å². The van der Waals surface area contributed by atoms with Gasteiger partial charge in [0.05, 0.1) is 0 Å². The summed E-state index contributed by atoms with van der Waals surface area (Å²) in [6.45, 7) is 2.18. The molecule has 0 aromatic rings. The molecule has 0 aromatic carbocycles. The predicted molar refractivity (Wildman–Crippen MR) is 72.2 cm³/mol. The number of carbonyl (C=O) groups excluding carboxylic acids is 1. The minimum Gasteiger partial charge on any atom is -0.333 e. The van der Waals surface area contributed by atoms with Crippen molar-refractivity contribution in [1.82, 2.24) is 0 Å². The highest BCUT2D eigenvalue weighted by Crippen LogP contribution is 2.25. The van der Waals surface area contributed by atoms with Crippen molar-refractivity contribution in [2.45, 2.75) is 45.4 Å². The Morgan fingerprint density at radius 1 is 1.12 bits per heavy atom. The molecule has 1 unspecified atom stereocenters. The van der Waals surface area contributed by atoms with Crippen LogP contribution in [0.4, 0.5) is 0 Å². The van der Waals surface area contributed by atoms with Crippen LogP contribution < -0.4 is 17.2 Å². The van der Waals surface area contributed by atoms with Gasteiger partial charge in [-0.2, -0.15) is 0 Å². The van der Waals surface area contributed by atoms with E-state index in [1.807, 2.05) is 0 Å². The summed E-state index contributed by atoms with van der Waals surface area (Å²) in [5, 5.41) is 0. The maximum Gasteiger partial charge on any atom is 0.135 e. The second-order valence-corrected chi connectivity index (χ2v) is 3.20. The van der Waals surface area contributed by atoms with Crippen molar-refractivity contribution in [2.24, 2.45) is 23.1 Å². The van der Waals surface area contributed by atoms with E-state index in [9.17, 15) is 4.79 Å². The van der Waals surface area contributed by atoms with Crippen molar-refractivity contribution in [3.8, 4) is 0 Å². The molecule has 1 aliphatic rings. The van der Waals surface area contributed by atoms with Gasteiger partial charge in [-0.1, -0.05) is 19.8 Å². The summed E-state index contributed by atoms with van der Waals surface area (Å²) in [7, 11) is 4.50. The van der Waals surface area contributed by atoms with Crippen molar-refractivity contribution in [2.75, 3.05) is 21.1 Å². The van der Waals surface area contributed by atoms with Crippen LogP contribution in [0.3, 0.4) is 0 Å². The van der Waals surface area contributed by atoms with Gasteiger partial charge in [0, 0.05) is 12.3 Å². The molecular weight excluding hydrogens is 202 g/mol. The lowest BCUT2D eigenvalue weighted by atomic mass is 10.0. The van der Waals surface area contributed by atoms with E-state index in [0.29, 0.717) is 11.7 Å². The molecule has 0 aliphatic heterocycles. The standard InChI is InChI=1S/C9H16O.3CH5N/c1-2-3-5-8-6-4-7-9(8)10;3*1-2/h8H,2-7H2,1H3;3*2H2,1H3. The first kappa shape index (κ1) is 20.9. The van der Waals surface area contributed by atoms with Crippen LogP contribution in [0.25, 0.3) is 0 Å². The molecule has 0 aromatic heterocycles. The van der Waals surface area contributed by atoms with E-state index in [0.717, 1.165) is 19.3 Å². The highest BCUT2D eigenvalue weighted by molar-refractivity contribution is 5.82. The number of hydrogen-bond acceptors (Lipinski definition) is 4. The molecule has 0 bridgehead atoms. The summed E-state index contributed by atoms with van der Waals surface area (Å²) < 4.78 is 0. The minimum atomic E-state index is 0.444. The Balaban J connectivity index is -0.000000245. The van der Waals surface area contributed by atoms with Crippen LogP contribution in [0.5, 0.6) is 0 Å². The third-order valence-corrected chi connectivity index (χ3v) is 2.34. The highest BCUT2D eigenvalue weighted by Gasteiger charge is 2.22. The zero-order valence-electron chi connectivity index (χ0n) is 11.5. The second kappa shape index (κ2) is 20.0. The number of ketones is 1. The average Bonchev–Trinajstić information content (AvgIpc) is 2.80. The van der Waals surface area contributed by atoms with E-state index in [1.165, 1.54) is 40.4 Å². The maximum atomic E-state index is 11.1. The lowest BCUT2D eigenvalue weighted by Crippen LogP contribution is -2.05. The Morgan fingerprint density at radius 3 is 1.94 bits per heavy atom. The van der Waals surface area contributed by atoms with E-state index in [2.05, 4.69) is 24.1 Å². The zero-order chi connectivity index (χ0) is 13.4. The second-order valence-electron chi connectivity index (χ2n) is 3.20. The molecule has 100 valence electrons. The third kappa shape index (κ3) is 11.6. The quantitative estimate of drug-likeness (QED) is 0.684. The Labute approximate surface area is 101 Å². The number of nitrogens with two attached hydrogens (primary N) is 3. The van der Waals surface area contributed by atoms with Crippen LogP contribution in [-0.4, -0.2) is 26.9 Å². The summed E-state index contributed by atoms with van der Waals surface area (Å²) in [5.74, 6) is 0.966. The van der Waals surface area contributed by atoms with Gasteiger partial charge < -0.3 is 17.2 Å². The largest absolute Gasteiger partial charge is 0.333 e. The van der Waals surface area contributed by atoms with Crippen molar-refractivity contribution in [1.29, 1.82) is 0 Å². The van der Waals surface area contributed by atoms with Crippen LogP contribution in [0.1, 0.15) is 45.4 Å². The van der Waals surface area contributed by atoms with Gasteiger partial charge in [0.1, 0.15) is 5.78 Å². The molecule has 1 fully saturated rings. The molecule has 4 nitrogen and oxygen atoms in total. The van der Waals surface area contributed by atoms with Crippen LogP contribution >= 0.6 is 0 Å². The Bertz CT molecular complexity index is 129. The summed E-state index contributed by atoms with van der Waals surface area (Å²) in [5.41, 5.74) is 13.5. The number of unbranched alkanes of at least 4 members (excludes halogenated alkanes) is 1. The molecule has 0 spiro atoms. The summed E-state index contributed by atoms with van der Waals surface area (Å²) in [4.78, 5) is 11.1. The molecule has 0 heterocycles. The van der Waals surface area contributed by atoms with Gasteiger partial charge in [0.25, 0.3) is 0 Å². The van der Waals surface area contributed by atoms with Crippen LogP contribution in [0.2, 0.25) is 0 Å². The molecule has 1 aliphatic carbocycles. The van der Waals surface area contributed by atoms with Crippen molar-refractivity contribution < 1.29 is 4.79 Å². The van der Waals surface area contributed by atoms with Gasteiger partial charge in [-0.15, -0.1) is 0 Å². The number of carbonyl (C=O) groups is 1. The van der Waals surface area contributed by atoms with Crippen molar-refractivity contribution in [3.05, 3.63) is 0 Å². The van der Waals surface area contributed by atoms with Gasteiger partial charge in [-0.05, 0) is 40.4 Å². The van der Waals surface area contributed by atoms with Crippen LogP contribution in [0, 0.1) is 5.92 Å². The summed E-state index contributed by atoms with van der Waals surface area (Å²) in [6.07, 6.45) is 6.77. The van der Waals surface area contributed by atoms with Gasteiger partial charge in [0.2, 0.25) is 0 Å². The smallest absolute Gasteiger partial charge is 0.135 e. The topological polar surface area (TPSA) is 95.1 Å². The van der Waals surface area contributed by atoms with E-state index in [-0.39, 0.29) is 0 Å². The Kier molecular flexibility index (Phi) is 26.2. The molecule has 0 amide bonds. The first-order chi connectivity index (χ1) is 7.84. The van der Waals surface area contributed by atoms with Crippen molar-refractivity contribution >= 4 is 5.78 Å². The van der Waals surface area contributed by atoms with Gasteiger partial charge in [0.15, 0.2) is 0 Å². The molecular formula is C12H31N3O. The summed E-state index contributed by atoms with van der Waals surface area (Å²) in [6, 6.07) is 0. The third-order valence-electron chi connectivity index (χ3n) is 2.34. The molecule has 0 saturated heterocycles. The highest BCUT2D eigenvalue weighted by atomic mass is 16.1. The predicted octanol–water partition coefficient (Wildman–Crippen LogP) is 1.27. The summed E-state index contributed by atoms with van der Waals surface area (Å²) >= 11 is 0. The van der Waals surface area contributed by atoms with Gasteiger partial charge in [-0.25, -0.2) is 0 Å². The average molecular weight is 233 g/mol. The maximum absolute atomic E-state index is 11.1. The fourth-order valence-electron chi connectivity index (χ4n) is 1.64. The van der Waals surface area contributed by atoms with E-state index >= 15 is 0 Å². The lowest BCUT2D eigenvalue weighted by Gasteiger charge is -2.04. The molecule has 1 atom stereocenters. The number of rotatable bonds is 3. The molecule has 16 heavy (non-hydrogen) atoms. The van der Waals surface area contributed by atoms with E-state index in [1.54, 1.807) is 0 Å². The first-order valence-corrected chi connectivity index (χ1v) is 6.10. The molecule has 1 rings (SSSR count). The van der Waals surface area contributed by atoms with E-state index < -0.39 is 0 Å². The van der Waals surface area contributed by atoms with Crippen molar-refractivity contribution in [3.63, 3.8) is 0 Å². The lowest BCUT2D eigenvalue weighted by molar-refractivity contribution is -0.120. The number of Topliss-reactive ketones (excluding diaryl/α,β-unsaturated/α-hetero) is 1. The fraction of sp³-hybridized carbons (Fsp3) is 0.917. The Hall–Kier alpha value is -0.450. The molecule has 0 radical (unpaired) electrons. The first-order valence-electron chi connectivity index (χ1n) is 6.10. The normalized spacial score (nSPS) is 17.2. The monoisotopic (exact) mass is 233 g/mol. The SMILES string of the molecule is CCCCC1CCCC1=O.CN.CN.CN. The van der Waals surface area contributed by atoms with Gasteiger partial charge in [-0.3, -0.25) is 4.79 Å². The minimum absolute atomic E-state index is 0.444. The number of hydrogen-bond donors (Lipinski definition) is 3. The molecule has 6 N–H and O–H groups in total. The Morgan fingerprint density at radius 2 is 1.62 bits per heavy atom. The molecule has 4 heteroatoms. The van der Waals surface area contributed by atoms with Crippen LogP contribution in [0.15, 0.2) is 0 Å². The molecule has 1 saturated carbocycles. The zero-order valence-corrected chi connectivity index (χ0v) is 11.5. The van der Waals surface area contributed by atoms with E-state index in [4.69, 9.17) is 0 Å². The fourth-order valence-corrected chi connectivity index (χ4v) is 1.64. The van der Waals surface area contributed by atoms with Gasteiger partial charge >= 0.3 is 0 Å².